The minimum absolute atomic E-state index is 0.0103. The summed E-state index contributed by atoms with van der Waals surface area (Å²) in [7, 11) is 0. The van der Waals surface area contributed by atoms with E-state index in [-0.39, 0.29) is 11.9 Å². The Hall–Kier alpha value is -1.22. The number of benzene rings is 2. The van der Waals surface area contributed by atoms with Gasteiger partial charge in [0.15, 0.2) is 0 Å². The fraction of sp³-hybridized carbons (Fsp3) is 0.400. The highest BCUT2D eigenvalue weighted by Crippen LogP contribution is 2.44. The third-order valence-corrected chi connectivity index (χ3v) is 5.63. The van der Waals surface area contributed by atoms with Crippen LogP contribution in [0.5, 0.6) is 5.75 Å². The fourth-order valence-electron chi connectivity index (χ4n) is 3.53. The van der Waals surface area contributed by atoms with Gasteiger partial charge in [-0.2, -0.15) is 0 Å². The van der Waals surface area contributed by atoms with Crippen molar-refractivity contribution in [2.75, 3.05) is 6.61 Å². The molecule has 24 heavy (non-hydrogen) atoms. The first-order valence-corrected chi connectivity index (χ1v) is 9.06. The van der Waals surface area contributed by atoms with E-state index >= 15 is 0 Å². The van der Waals surface area contributed by atoms with E-state index in [2.05, 4.69) is 13.8 Å². The highest BCUT2D eigenvalue weighted by atomic mass is 35.5. The van der Waals surface area contributed by atoms with E-state index in [1.165, 1.54) is 5.56 Å². The smallest absolute Gasteiger partial charge is 0.115 e. The number of hydrogen-bond acceptors (Lipinski definition) is 2. The Labute approximate surface area is 153 Å². The van der Waals surface area contributed by atoms with Gasteiger partial charge in [-0.25, -0.2) is 0 Å². The van der Waals surface area contributed by atoms with Crippen LogP contribution in [0.4, 0.5) is 0 Å². The maximum Gasteiger partial charge on any atom is 0.115 e. The van der Waals surface area contributed by atoms with Crippen molar-refractivity contribution < 1.29 is 9.84 Å². The third-order valence-electron chi connectivity index (χ3n) is 4.89. The summed E-state index contributed by atoms with van der Waals surface area (Å²) in [5.41, 5.74) is 2.21. The zero-order chi connectivity index (χ0) is 17.3. The van der Waals surface area contributed by atoms with Gasteiger partial charge in [-0.05, 0) is 53.6 Å². The molecule has 1 aliphatic heterocycles. The molecule has 0 spiro atoms. The Bertz CT molecular complexity index is 715. The van der Waals surface area contributed by atoms with E-state index in [0.29, 0.717) is 34.4 Å². The van der Waals surface area contributed by atoms with Crippen LogP contribution in [0.3, 0.4) is 0 Å². The first kappa shape index (κ1) is 17.6. The monoisotopic (exact) mass is 364 g/mol. The van der Waals surface area contributed by atoms with E-state index in [9.17, 15) is 5.11 Å². The van der Waals surface area contributed by atoms with E-state index < -0.39 is 0 Å². The van der Waals surface area contributed by atoms with Crippen molar-refractivity contribution in [1.82, 2.24) is 0 Å². The quantitative estimate of drug-likeness (QED) is 0.700. The van der Waals surface area contributed by atoms with E-state index in [1.54, 1.807) is 12.1 Å². The molecule has 2 aromatic rings. The largest absolute Gasteiger partial charge is 0.508 e. The molecule has 0 aromatic heterocycles. The summed E-state index contributed by atoms with van der Waals surface area (Å²) in [6.45, 7) is 5.09. The summed E-state index contributed by atoms with van der Waals surface area (Å²) >= 11 is 12.2. The minimum atomic E-state index is 0.0103. The van der Waals surface area contributed by atoms with Gasteiger partial charge in [0.05, 0.1) is 22.8 Å². The van der Waals surface area contributed by atoms with Crippen molar-refractivity contribution in [2.24, 2.45) is 11.8 Å². The minimum Gasteiger partial charge on any atom is -0.508 e. The van der Waals surface area contributed by atoms with Gasteiger partial charge in [0, 0.05) is 5.92 Å². The van der Waals surface area contributed by atoms with Crippen LogP contribution in [0.2, 0.25) is 10.0 Å². The summed E-state index contributed by atoms with van der Waals surface area (Å²) in [4.78, 5) is 0. The molecule has 3 rings (SSSR count). The molecule has 0 unspecified atom stereocenters. The van der Waals surface area contributed by atoms with Crippen LogP contribution in [0.1, 0.15) is 43.4 Å². The summed E-state index contributed by atoms with van der Waals surface area (Å²) in [5.74, 6) is 1.44. The van der Waals surface area contributed by atoms with Crippen molar-refractivity contribution in [3.8, 4) is 5.75 Å². The second-order valence-electron chi connectivity index (χ2n) is 6.86. The highest BCUT2D eigenvalue weighted by Gasteiger charge is 2.35. The van der Waals surface area contributed by atoms with Crippen LogP contribution in [0.25, 0.3) is 0 Å². The summed E-state index contributed by atoms with van der Waals surface area (Å²) in [5, 5.41) is 10.9. The number of rotatable bonds is 3. The van der Waals surface area contributed by atoms with E-state index in [0.717, 1.165) is 12.0 Å². The van der Waals surface area contributed by atoms with Crippen molar-refractivity contribution in [1.29, 1.82) is 0 Å². The van der Waals surface area contributed by atoms with Crippen molar-refractivity contribution in [3.63, 3.8) is 0 Å². The lowest BCUT2D eigenvalue weighted by Gasteiger charge is -2.39. The standard InChI is InChI=1S/C20H22Cl2O2/c1-12(2)17-9-15(13-6-7-18(21)19(22)10-13)11-24-20(17)14-4-3-5-16(23)8-14/h3-8,10,12,15,17,20,23H,9,11H2,1-2H3/t15-,17-,20-/m0/s1. The van der Waals surface area contributed by atoms with Crippen LogP contribution in [0.15, 0.2) is 42.5 Å². The molecule has 0 saturated carbocycles. The molecule has 2 aromatic carbocycles. The van der Waals surface area contributed by atoms with Gasteiger partial charge in [0.25, 0.3) is 0 Å². The predicted molar refractivity (Wildman–Crippen MR) is 98.9 cm³/mol. The van der Waals surface area contributed by atoms with Gasteiger partial charge in [-0.1, -0.05) is 55.2 Å². The molecule has 1 saturated heterocycles. The number of aromatic hydroxyl groups is 1. The lowest BCUT2D eigenvalue weighted by Crippen LogP contribution is -2.31. The zero-order valence-corrected chi connectivity index (χ0v) is 15.4. The summed E-state index contributed by atoms with van der Waals surface area (Å²) in [6, 6.07) is 13.2. The van der Waals surface area contributed by atoms with Crippen molar-refractivity contribution in [2.45, 2.75) is 32.3 Å². The van der Waals surface area contributed by atoms with E-state index in [1.807, 2.05) is 30.3 Å². The number of phenolic OH excluding ortho intramolecular Hbond substituents is 1. The Morgan fingerprint density at radius 1 is 1.04 bits per heavy atom. The lowest BCUT2D eigenvalue weighted by atomic mass is 9.76. The summed E-state index contributed by atoms with van der Waals surface area (Å²) < 4.78 is 6.24. The Morgan fingerprint density at radius 2 is 1.83 bits per heavy atom. The maximum atomic E-state index is 9.77. The van der Waals surface area contributed by atoms with Crippen molar-refractivity contribution in [3.05, 3.63) is 63.6 Å². The average Bonchev–Trinajstić information content (AvgIpc) is 2.57. The molecular weight excluding hydrogens is 343 g/mol. The molecule has 1 N–H and O–H groups in total. The maximum absolute atomic E-state index is 9.77. The number of ether oxygens (including phenoxy) is 1. The Balaban J connectivity index is 1.84. The molecule has 1 heterocycles. The molecule has 1 aliphatic rings. The van der Waals surface area contributed by atoms with Gasteiger partial charge < -0.3 is 9.84 Å². The number of halogens is 2. The molecule has 0 amide bonds. The Kier molecular flexibility index (Phi) is 5.39. The predicted octanol–water partition coefficient (Wildman–Crippen LogP) is 6.22. The molecule has 0 aliphatic carbocycles. The van der Waals surface area contributed by atoms with Crippen LogP contribution >= 0.6 is 23.2 Å². The third kappa shape index (κ3) is 3.72. The molecule has 2 nitrogen and oxygen atoms in total. The van der Waals surface area contributed by atoms with Crippen LogP contribution < -0.4 is 0 Å². The van der Waals surface area contributed by atoms with Gasteiger partial charge in [0.1, 0.15) is 5.75 Å². The second-order valence-corrected chi connectivity index (χ2v) is 7.68. The van der Waals surface area contributed by atoms with Crippen LogP contribution in [0, 0.1) is 11.8 Å². The average molecular weight is 365 g/mol. The van der Waals surface area contributed by atoms with Gasteiger partial charge in [-0.15, -0.1) is 0 Å². The summed E-state index contributed by atoms with van der Waals surface area (Å²) in [6.07, 6.45) is 1.03. The molecule has 0 radical (unpaired) electrons. The first-order chi connectivity index (χ1) is 11.5. The first-order valence-electron chi connectivity index (χ1n) is 8.31. The van der Waals surface area contributed by atoms with Crippen molar-refractivity contribution >= 4 is 23.2 Å². The fourth-order valence-corrected chi connectivity index (χ4v) is 3.84. The molecule has 0 bridgehead atoms. The zero-order valence-electron chi connectivity index (χ0n) is 13.9. The molecule has 3 atom stereocenters. The highest BCUT2D eigenvalue weighted by molar-refractivity contribution is 6.42. The number of hydrogen-bond donors (Lipinski definition) is 1. The molecule has 4 heteroatoms. The molecule has 128 valence electrons. The van der Waals surface area contributed by atoms with E-state index in [4.69, 9.17) is 27.9 Å². The molecular formula is C20H22Cl2O2. The lowest BCUT2D eigenvalue weighted by molar-refractivity contribution is -0.0552. The number of phenols is 1. The topological polar surface area (TPSA) is 29.5 Å². The Morgan fingerprint density at radius 3 is 2.50 bits per heavy atom. The van der Waals surface area contributed by atoms with Crippen LogP contribution in [-0.4, -0.2) is 11.7 Å². The van der Waals surface area contributed by atoms with Gasteiger partial charge >= 0.3 is 0 Å². The SMILES string of the molecule is CC(C)[C@@H]1C[C@H](c2ccc(Cl)c(Cl)c2)CO[C@H]1c1cccc(O)c1. The second kappa shape index (κ2) is 7.35. The van der Waals surface area contributed by atoms with Crippen LogP contribution in [-0.2, 0) is 4.74 Å². The normalized spacial score (nSPS) is 24.3. The van der Waals surface area contributed by atoms with Gasteiger partial charge in [0.2, 0.25) is 0 Å². The van der Waals surface area contributed by atoms with Gasteiger partial charge in [-0.3, -0.25) is 0 Å². The molecule has 1 fully saturated rings.